The van der Waals surface area contributed by atoms with Crippen LogP contribution in [0.2, 0.25) is 10.0 Å². The van der Waals surface area contributed by atoms with E-state index in [1.54, 1.807) is 29.2 Å². The number of fused-ring (bicyclic) bond motifs is 3. The molecule has 232 valence electrons. The number of nitrogens with zero attached hydrogens (tertiary/aromatic N) is 3. The topological polar surface area (TPSA) is 61.0 Å². The van der Waals surface area contributed by atoms with Crippen LogP contribution in [-0.2, 0) is 6.42 Å². The van der Waals surface area contributed by atoms with Crippen molar-refractivity contribution in [2.24, 2.45) is 0 Å². The molecular weight excluding hydrogens is 595 g/mol. The normalized spacial score (nSPS) is 17.5. The van der Waals surface area contributed by atoms with E-state index in [9.17, 15) is 4.79 Å². The molecule has 0 bridgehead atoms. The monoisotopic (exact) mass is 634 g/mol. The molecule has 0 saturated carbocycles. The number of aromatic nitrogens is 1. The second-order valence-electron chi connectivity index (χ2n) is 11.9. The molecule has 2 aliphatic heterocycles. The maximum absolute atomic E-state index is 13.5. The fourth-order valence-corrected chi connectivity index (χ4v) is 6.56. The Morgan fingerprint density at radius 2 is 1.55 bits per heavy atom. The molecule has 2 aliphatic rings. The molecule has 1 unspecified atom stereocenters. The van der Waals surface area contributed by atoms with Crippen molar-refractivity contribution in [2.75, 3.05) is 52.9 Å². The van der Waals surface area contributed by atoms with Gasteiger partial charge in [0.05, 0.1) is 6.61 Å². The summed E-state index contributed by atoms with van der Waals surface area (Å²) in [4.78, 5) is 23.9. The van der Waals surface area contributed by atoms with E-state index in [2.05, 4.69) is 21.8 Å². The molecule has 7 nitrogen and oxygen atoms in total. The van der Waals surface area contributed by atoms with E-state index < -0.39 is 6.09 Å². The number of rotatable bonds is 10. The predicted molar refractivity (Wildman–Crippen MR) is 177 cm³/mol. The number of unbranched alkanes of at least 4 members (excludes halogenated alkanes) is 3. The van der Waals surface area contributed by atoms with Gasteiger partial charge in [-0.15, -0.1) is 0 Å². The minimum absolute atomic E-state index is 0.348. The maximum Gasteiger partial charge on any atom is 0.416 e. The number of piperazine rings is 1. The maximum atomic E-state index is 13.5. The molecule has 6 rings (SSSR count). The quantitative estimate of drug-likeness (QED) is 0.180. The number of ether oxygens (including phenoxy) is 2. The first-order valence-electron chi connectivity index (χ1n) is 15.6. The lowest BCUT2D eigenvalue weighted by atomic mass is 9.92. The molecule has 0 spiro atoms. The Kier molecular flexibility index (Phi) is 9.97. The highest BCUT2D eigenvalue weighted by atomic mass is 35.5. The van der Waals surface area contributed by atoms with Gasteiger partial charge in [-0.3, -0.25) is 4.90 Å². The van der Waals surface area contributed by atoms with Crippen LogP contribution in [0.1, 0.15) is 48.5 Å². The van der Waals surface area contributed by atoms with Crippen LogP contribution >= 0.6 is 23.2 Å². The third-order valence-corrected chi connectivity index (χ3v) is 9.26. The molecule has 1 N–H and O–H groups in total. The minimum atomic E-state index is -0.410. The SMILES string of the molecule is CN1CCN(CCCCCCOc2ccc(C3c4[nH]c5ccc(Cl)cc5c4CCN3C(=O)Oc3ccc(Cl)cc3)cc2)CC1. The van der Waals surface area contributed by atoms with Gasteiger partial charge in [-0.25, -0.2) is 4.79 Å². The van der Waals surface area contributed by atoms with Crippen molar-refractivity contribution in [1.29, 1.82) is 0 Å². The van der Waals surface area contributed by atoms with E-state index in [0.717, 1.165) is 34.3 Å². The molecule has 0 radical (unpaired) electrons. The Balaban J connectivity index is 1.10. The number of halogens is 2. The van der Waals surface area contributed by atoms with Crippen LogP contribution < -0.4 is 9.47 Å². The molecule has 1 aromatic heterocycles. The van der Waals surface area contributed by atoms with Crippen LogP contribution in [0.25, 0.3) is 10.9 Å². The van der Waals surface area contributed by atoms with Crippen molar-refractivity contribution in [3.05, 3.63) is 93.6 Å². The van der Waals surface area contributed by atoms with Gasteiger partial charge in [0.1, 0.15) is 17.5 Å². The number of carbonyl (C=O) groups is 1. The first-order valence-corrected chi connectivity index (χ1v) is 16.4. The van der Waals surface area contributed by atoms with E-state index in [1.165, 1.54) is 57.5 Å². The summed E-state index contributed by atoms with van der Waals surface area (Å²) in [6.45, 7) is 7.14. The number of nitrogens with one attached hydrogen (secondary N) is 1. The number of aromatic amines is 1. The third-order valence-electron chi connectivity index (χ3n) is 8.77. The summed E-state index contributed by atoms with van der Waals surface area (Å²) >= 11 is 12.4. The molecule has 1 saturated heterocycles. The van der Waals surface area contributed by atoms with Gasteiger partial charge in [0.25, 0.3) is 0 Å². The number of H-pyrrole nitrogens is 1. The number of hydrogen-bond acceptors (Lipinski definition) is 5. The van der Waals surface area contributed by atoms with Gasteiger partial charge in [-0.05, 0) is 98.6 Å². The lowest BCUT2D eigenvalue weighted by molar-refractivity contribution is 0.135. The number of hydrogen-bond donors (Lipinski definition) is 1. The van der Waals surface area contributed by atoms with Gasteiger partial charge in [0, 0.05) is 59.4 Å². The summed E-state index contributed by atoms with van der Waals surface area (Å²) in [5.41, 5.74) is 4.14. The average Bonchev–Trinajstić information content (AvgIpc) is 3.40. The predicted octanol–water partition coefficient (Wildman–Crippen LogP) is 7.81. The Bertz CT molecular complexity index is 1550. The van der Waals surface area contributed by atoms with E-state index in [-0.39, 0.29) is 6.04 Å². The zero-order valence-corrected chi connectivity index (χ0v) is 26.7. The van der Waals surface area contributed by atoms with Crippen molar-refractivity contribution in [3.63, 3.8) is 0 Å². The molecule has 3 heterocycles. The highest BCUT2D eigenvalue weighted by Gasteiger charge is 2.35. The molecule has 9 heteroatoms. The van der Waals surface area contributed by atoms with Crippen molar-refractivity contribution in [3.8, 4) is 11.5 Å². The lowest BCUT2D eigenvalue weighted by Crippen LogP contribution is -2.44. The van der Waals surface area contributed by atoms with Crippen molar-refractivity contribution < 1.29 is 14.3 Å². The van der Waals surface area contributed by atoms with E-state index >= 15 is 0 Å². The fourth-order valence-electron chi connectivity index (χ4n) is 6.26. The summed E-state index contributed by atoms with van der Waals surface area (Å²) < 4.78 is 11.9. The van der Waals surface area contributed by atoms with Crippen LogP contribution in [0.5, 0.6) is 11.5 Å². The van der Waals surface area contributed by atoms with E-state index in [0.29, 0.717) is 35.4 Å². The Morgan fingerprint density at radius 1 is 0.841 bits per heavy atom. The van der Waals surface area contributed by atoms with E-state index in [1.807, 2.05) is 42.5 Å². The fraction of sp³-hybridized carbons (Fsp3) is 0.400. The molecule has 1 fully saturated rings. The second-order valence-corrected chi connectivity index (χ2v) is 12.7. The molecule has 4 aromatic rings. The average molecular weight is 636 g/mol. The third kappa shape index (κ3) is 7.35. The minimum Gasteiger partial charge on any atom is -0.494 e. The first kappa shape index (κ1) is 30.8. The molecule has 1 atom stereocenters. The number of benzene rings is 3. The molecule has 44 heavy (non-hydrogen) atoms. The summed E-state index contributed by atoms with van der Waals surface area (Å²) in [5, 5.41) is 2.37. The number of carbonyl (C=O) groups excluding carboxylic acids is 1. The van der Waals surface area contributed by atoms with Gasteiger partial charge in [0.2, 0.25) is 0 Å². The molecule has 3 aromatic carbocycles. The van der Waals surface area contributed by atoms with Crippen molar-refractivity contribution in [2.45, 2.75) is 38.1 Å². The van der Waals surface area contributed by atoms with Gasteiger partial charge < -0.3 is 24.3 Å². The summed E-state index contributed by atoms with van der Waals surface area (Å²) in [6, 6.07) is 20.4. The van der Waals surface area contributed by atoms with Crippen LogP contribution in [0.15, 0.2) is 66.7 Å². The largest absolute Gasteiger partial charge is 0.494 e. The molecule has 0 aliphatic carbocycles. The Labute approximate surface area is 269 Å². The smallest absolute Gasteiger partial charge is 0.416 e. The lowest BCUT2D eigenvalue weighted by Gasteiger charge is -2.35. The van der Waals surface area contributed by atoms with Gasteiger partial charge in [-0.2, -0.15) is 0 Å². The number of likely N-dealkylation sites (N-methyl/N-ethyl adjacent to an activating group) is 1. The Hall–Kier alpha value is -3.23. The highest BCUT2D eigenvalue weighted by molar-refractivity contribution is 6.31. The van der Waals surface area contributed by atoms with Gasteiger partial charge in [-0.1, -0.05) is 48.2 Å². The van der Waals surface area contributed by atoms with Crippen LogP contribution in [0.3, 0.4) is 0 Å². The molecular formula is C35H40Cl2N4O3. The zero-order valence-electron chi connectivity index (χ0n) is 25.2. The first-order chi connectivity index (χ1) is 21.4. The zero-order chi connectivity index (χ0) is 30.5. The van der Waals surface area contributed by atoms with Crippen molar-refractivity contribution >= 4 is 40.2 Å². The Morgan fingerprint density at radius 3 is 2.32 bits per heavy atom. The second kappa shape index (κ2) is 14.2. The van der Waals surface area contributed by atoms with E-state index in [4.69, 9.17) is 32.7 Å². The van der Waals surface area contributed by atoms with Gasteiger partial charge in [0.15, 0.2) is 0 Å². The highest BCUT2D eigenvalue weighted by Crippen LogP contribution is 2.40. The summed E-state index contributed by atoms with van der Waals surface area (Å²) in [5.74, 6) is 1.29. The van der Waals surface area contributed by atoms with Gasteiger partial charge >= 0.3 is 6.09 Å². The van der Waals surface area contributed by atoms with Crippen LogP contribution in [-0.4, -0.2) is 78.7 Å². The van der Waals surface area contributed by atoms with Crippen LogP contribution in [0, 0.1) is 0 Å². The van der Waals surface area contributed by atoms with Crippen LogP contribution in [0.4, 0.5) is 4.79 Å². The summed E-state index contributed by atoms with van der Waals surface area (Å²) in [7, 11) is 2.20. The van der Waals surface area contributed by atoms with Crippen molar-refractivity contribution in [1.82, 2.24) is 19.7 Å². The standard InChI is InChI=1S/C35H40Cl2N4O3/c1-39-19-21-40(22-20-39)17-4-2-3-5-23-43-28-11-6-25(7-12-28)34-33-30(31-24-27(37)10-15-32(31)38-33)16-18-41(34)35(42)44-29-13-8-26(36)9-14-29/h6-15,24,34,38H,2-5,16-23H2,1H3. The molecule has 1 amide bonds. The summed E-state index contributed by atoms with van der Waals surface area (Å²) in [6.07, 6.45) is 4.98. The number of amides is 1.